The smallest absolute Gasteiger partial charge is 0.252 e. The van der Waals surface area contributed by atoms with Gasteiger partial charge in [0.05, 0.1) is 11.1 Å². The second kappa shape index (κ2) is 4.49. The number of rotatable bonds is 3. The van der Waals surface area contributed by atoms with Crippen LogP contribution in [0.2, 0.25) is 0 Å². The van der Waals surface area contributed by atoms with Gasteiger partial charge in [0.1, 0.15) is 11.5 Å². The van der Waals surface area contributed by atoms with Crippen LogP contribution in [0.15, 0.2) is 18.2 Å². The van der Waals surface area contributed by atoms with Crippen LogP contribution in [0.25, 0.3) is 0 Å². The molecule has 1 aromatic carbocycles. The highest BCUT2D eigenvalue weighted by atomic mass is 16.3. The number of carbonyl (C=O) groups excluding carboxylic acids is 1. The third-order valence-corrected chi connectivity index (χ3v) is 3.12. The SMILES string of the molecule is CC(C)(O)C(C)(C)NC(=O)c1cc(O)cc(O)c1. The van der Waals surface area contributed by atoms with Crippen molar-refractivity contribution in [1.82, 2.24) is 5.32 Å². The van der Waals surface area contributed by atoms with Gasteiger partial charge in [0, 0.05) is 11.6 Å². The van der Waals surface area contributed by atoms with E-state index in [2.05, 4.69) is 5.32 Å². The summed E-state index contributed by atoms with van der Waals surface area (Å²) in [5.74, 6) is -0.865. The van der Waals surface area contributed by atoms with Gasteiger partial charge in [-0.3, -0.25) is 4.79 Å². The summed E-state index contributed by atoms with van der Waals surface area (Å²) >= 11 is 0. The van der Waals surface area contributed by atoms with Crippen LogP contribution in [0.1, 0.15) is 38.1 Å². The molecule has 0 aliphatic carbocycles. The van der Waals surface area contributed by atoms with E-state index in [1.54, 1.807) is 27.7 Å². The number of phenols is 2. The fraction of sp³-hybridized carbons (Fsp3) is 0.462. The molecule has 1 aromatic rings. The van der Waals surface area contributed by atoms with Gasteiger partial charge in [-0.15, -0.1) is 0 Å². The van der Waals surface area contributed by atoms with E-state index in [-0.39, 0.29) is 17.1 Å². The maximum Gasteiger partial charge on any atom is 0.252 e. The summed E-state index contributed by atoms with van der Waals surface area (Å²) in [6, 6.07) is 3.63. The molecule has 0 fully saturated rings. The van der Waals surface area contributed by atoms with E-state index < -0.39 is 17.0 Å². The normalized spacial score (nSPS) is 12.3. The third kappa shape index (κ3) is 3.13. The maximum absolute atomic E-state index is 12.0. The zero-order valence-electron chi connectivity index (χ0n) is 11.0. The first-order valence-corrected chi connectivity index (χ1v) is 5.61. The number of amides is 1. The third-order valence-electron chi connectivity index (χ3n) is 3.12. The summed E-state index contributed by atoms with van der Waals surface area (Å²) in [7, 11) is 0. The monoisotopic (exact) mass is 253 g/mol. The lowest BCUT2D eigenvalue weighted by atomic mass is 9.85. The highest BCUT2D eigenvalue weighted by Gasteiger charge is 2.36. The predicted molar refractivity (Wildman–Crippen MR) is 67.6 cm³/mol. The average Bonchev–Trinajstić information content (AvgIpc) is 2.13. The van der Waals surface area contributed by atoms with Crippen molar-refractivity contribution in [3.05, 3.63) is 23.8 Å². The first-order chi connectivity index (χ1) is 8.03. The standard InChI is InChI=1S/C13H19NO4/c1-12(2,13(3,4)18)14-11(17)8-5-9(15)7-10(16)6-8/h5-7,15-16,18H,1-4H3,(H,14,17). The van der Waals surface area contributed by atoms with E-state index in [1.165, 1.54) is 12.1 Å². The Morgan fingerprint density at radius 2 is 1.50 bits per heavy atom. The lowest BCUT2D eigenvalue weighted by Crippen LogP contribution is -2.57. The Morgan fingerprint density at radius 3 is 1.89 bits per heavy atom. The van der Waals surface area contributed by atoms with Crippen molar-refractivity contribution in [2.75, 3.05) is 0 Å². The maximum atomic E-state index is 12.0. The molecule has 4 N–H and O–H groups in total. The zero-order chi connectivity index (χ0) is 14.1. The summed E-state index contributed by atoms with van der Waals surface area (Å²) in [6.07, 6.45) is 0. The number of nitrogens with one attached hydrogen (secondary N) is 1. The van der Waals surface area contributed by atoms with Crippen molar-refractivity contribution in [2.45, 2.75) is 38.8 Å². The fourth-order valence-corrected chi connectivity index (χ4v) is 1.24. The van der Waals surface area contributed by atoms with Crippen LogP contribution >= 0.6 is 0 Å². The molecule has 0 saturated carbocycles. The van der Waals surface area contributed by atoms with E-state index in [0.29, 0.717) is 0 Å². The first-order valence-electron chi connectivity index (χ1n) is 5.61. The summed E-state index contributed by atoms with van der Waals surface area (Å²) in [5.41, 5.74) is -1.84. The number of hydrogen-bond acceptors (Lipinski definition) is 4. The van der Waals surface area contributed by atoms with Gasteiger partial charge in [-0.1, -0.05) is 0 Å². The lowest BCUT2D eigenvalue weighted by Gasteiger charge is -2.38. The molecule has 1 amide bonds. The van der Waals surface area contributed by atoms with Crippen LogP contribution in [-0.4, -0.2) is 32.4 Å². The second-order valence-electron chi connectivity index (χ2n) is 5.38. The summed E-state index contributed by atoms with van der Waals surface area (Å²) < 4.78 is 0. The summed E-state index contributed by atoms with van der Waals surface area (Å²) in [4.78, 5) is 12.0. The molecule has 0 heterocycles. The molecule has 1 rings (SSSR count). The van der Waals surface area contributed by atoms with Crippen LogP contribution in [-0.2, 0) is 0 Å². The number of aliphatic hydroxyl groups is 1. The largest absolute Gasteiger partial charge is 0.508 e. The molecule has 0 aromatic heterocycles. The fourth-order valence-electron chi connectivity index (χ4n) is 1.24. The summed E-state index contributed by atoms with van der Waals surface area (Å²) in [6.45, 7) is 6.56. The van der Waals surface area contributed by atoms with Crippen molar-refractivity contribution in [2.24, 2.45) is 0 Å². The van der Waals surface area contributed by atoms with Crippen LogP contribution in [0.3, 0.4) is 0 Å². The molecule has 0 spiro atoms. The van der Waals surface area contributed by atoms with Gasteiger partial charge in [0.15, 0.2) is 0 Å². The highest BCUT2D eigenvalue weighted by molar-refractivity contribution is 5.95. The molecular formula is C13H19NO4. The average molecular weight is 253 g/mol. The van der Waals surface area contributed by atoms with Gasteiger partial charge in [0.2, 0.25) is 0 Å². The molecule has 5 heteroatoms. The summed E-state index contributed by atoms with van der Waals surface area (Å²) in [5, 5.41) is 31.2. The number of aromatic hydroxyl groups is 2. The Balaban J connectivity index is 2.96. The molecule has 0 aliphatic rings. The highest BCUT2D eigenvalue weighted by Crippen LogP contribution is 2.23. The number of hydrogen-bond donors (Lipinski definition) is 4. The zero-order valence-corrected chi connectivity index (χ0v) is 11.0. The van der Waals surface area contributed by atoms with Crippen molar-refractivity contribution >= 4 is 5.91 Å². The first kappa shape index (κ1) is 14.3. The molecule has 0 aliphatic heterocycles. The Kier molecular flexibility index (Phi) is 3.57. The van der Waals surface area contributed by atoms with E-state index in [9.17, 15) is 20.1 Å². The minimum Gasteiger partial charge on any atom is -0.508 e. The van der Waals surface area contributed by atoms with Gasteiger partial charge in [-0.25, -0.2) is 0 Å². The Labute approximate surface area is 106 Å². The molecule has 0 bridgehead atoms. The van der Waals surface area contributed by atoms with Gasteiger partial charge < -0.3 is 20.6 Å². The van der Waals surface area contributed by atoms with Crippen LogP contribution in [0, 0.1) is 0 Å². The minimum atomic E-state index is -1.11. The predicted octanol–water partition coefficient (Wildman–Crippen LogP) is 1.38. The van der Waals surface area contributed by atoms with Crippen molar-refractivity contribution < 1.29 is 20.1 Å². The number of carbonyl (C=O) groups is 1. The Morgan fingerprint density at radius 1 is 1.06 bits per heavy atom. The molecule has 0 radical (unpaired) electrons. The van der Waals surface area contributed by atoms with Gasteiger partial charge in [0.25, 0.3) is 5.91 Å². The van der Waals surface area contributed by atoms with Gasteiger partial charge in [-0.2, -0.15) is 0 Å². The van der Waals surface area contributed by atoms with E-state index >= 15 is 0 Å². The molecule has 100 valence electrons. The van der Waals surface area contributed by atoms with Crippen LogP contribution < -0.4 is 5.32 Å². The van der Waals surface area contributed by atoms with Crippen molar-refractivity contribution in [1.29, 1.82) is 0 Å². The van der Waals surface area contributed by atoms with E-state index in [0.717, 1.165) is 6.07 Å². The van der Waals surface area contributed by atoms with Crippen molar-refractivity contribution in [3.8, 4) is 11.5 Å². The second-order valence-corrected chi connectivity index (χ2v) is 5.38. The van der Waals surface area contributed by atoms with Crippen LogP contribution in [0.5, 0.6) is 11.5 Å². The number of phenolic OH excluding ortho intramolecular Hbond substituents is 2. The minimum absolute atomic E-state index is 0.129. The van der Waals surface area contributed by atoms with Crippen LogP contribution in [0.4, 0.5) is 0 Å². The lowest BCUT2D eigenvalue weighted by molar-refractivity contribution is -0.00293. The van der Waals surface area contributed by atoms with E-state index in [4.69, 9.17) is 0 Å². The molecule has 0 unspecified atom stereocenters. The van der Waals surface area contributed by atoms with E-state index in [1.807, 2.05) is 0 Å². The molecule has 0 saturated heterocycles. The quantitative estimate of drug-likeness (QED) is 0.655. The topological polar surface area (TPSA) is 89.8 Å². The van der Waals surface area contributed by atoms with Crippen molar-refractivity contribution in [3.63, 3.8) is 0 Å². The molecular weight excluding hydrogens is 234 g/mol. The molecule has 0 atom stereocenters. The molecule has 5 nitrogen and oxygen atoms in total. The molecule has 18 heavy (non-hydrogen) atoms. The Bertz CT molecular complexity index is 440. The van der Waals surface area contributed by atoms with Gasteiger partial charge >= 0.3 is 0 Å². The number of benzene rings is 1. The Hall–Kier alpha value is -1.75. The van der Waals surface area contributed by atoms with Gasteiger partial charge in [-0.05, 0) is 39.8 Å².